The first kappa shape index (κ1) is 9.20. The van der Waals surface area contributed by atoms with Crippen LogP contribution in [0.3, 0.4) is 0 Å². The highest BCUT2D eigenvalue weighted by Crippen LogP contribution is 2.07. The zero-order valence-electron chi connectivity index (χ0n) is 7.77. The molecule has 0 aliphatic carbocycles. The topological polar surface area (TPSA) is 96.7 Å². The van der Waals surface area contributed by atoms with Crippen LogP contribution in [0.25, 0.3) is 0 Å². The predicted octanol–water partition coefficient (Wildman–Crippen LogP) is 0.639. The first-order valence-corrected chi connectivity index (χ1v) is 4.27. The van der Waals surface area contributed by atoms with Gasteiger partial charge in [-0.05, 0) is 12.1 Å². The largest absolute Gasteiger partial charge is 0.384 e. The number of nitrogens with one attached hydrogen (secondary N) is 2. The maximum absolute atomic E-state index is 11.6. The van der Waals surface area contributed by atoms with E-state index in [1.165, 1.54) is 18.5 Å². The van der Waals surface area contributed by atoms with Crippen molar-refractivity contribution in [1.29, 1.82) is 0 Å². The van der Waals surface area contributed by atoms with Gasteiger partial charge in [-0.25, -0.2) is 4.98 Å². The van der Waals surface area contributed by atoms with E-state index in [0.29, 0.717) is 17.1 Å². The van der Waals surface area contributed by atoms with Gasteiger partial charge in [-0.15, -0.1) is 0 Å². The van der Waals surface area contributed by atoms with E-state index in [1.54, 1.807) is 12.3 Å². The molecule has 0 fully saturated rings. The van der Waals surface area contributed by atoms with Crippen molar-refractivity contribution in [2.24, 2.45) is 0 Å². The number of rotatable bonds is 2. The van der Waals surface area contributed by atoms with Crippen molar-refractivity contribution in [1.82, 2.24) is 15.2 Å². The fourth-order valence-corrected chi connectivity index (χ4v) is 1.11. The Morgan fingerprint density at radius 2 is 2.40 bits per heavy atom. The molecule has 1 amide bonds. The standard InChI is InChI=1S/C9H9N5O/c10-8-3-6(1-2-11-8)9(15)14-7-4-12-13-5-7/h1-5H,(H2,10,11)(H,12,13)(H,14,15). The lowest BCUT2D eigenvalue weighted by Crippen LogP contribution is -2.11. The molecule has 4 N–H and O–H groups in total. The molecule has 2 aromatic heterocycles. The second kappa shape index (κ2) is 3.79. The predicted molar refractivity (Wildman–Crippen MR) is 55.2 cm³/mol. The lowest BCUT2D eigenvalue weighted by molar-refractivity contribution is 0.102. The number of anilines is 2. The lowest BCUT2D eigenvalue weighted by atomic mass is 10.2. The molecule has 0 radical (unpaired) electrons. The molecule has 0 aliphatic heterocycles. The van der Waals surface area contributed by atoms with Crippen molar-refractivity contribution in [3.8, 4) is 0 Å². The number of nitrogens with zero attached hydrogens (tertiary/aromatic N) is 2. The van der Waals surface area contributed by atoms with Gasteiger partial charge in [0.1, 0.15) is 5.82 Å². The molecule has 0 spiro atoms. The Morgan fingerprint density at radius 3 is 3.07 bits per heavy atom. The molecule has 0 saturated carbocycles. The van der Waals surface area contributed by atoms with Gasteiger partial charge in [0, 0.05) is 18.0 Å². The van der Waals surface area contributed by atoms with Gasteiger partial charge < -0.3 is 11.1 Å². The Labute approximate surface area is 85.5 Å². The van der Waals surface area contributed by atoms with Crippen molar-refractivity contribution in [3.05, 3.63) is 36.3 Å². The molecular weight excluding hydrogens is 194 g/mol. The molecule has 0 aromatic carbocycles. The zero-order valence-corrected chi connectivity index (χ0v) is 7.77. The molecule has 0 unspecified atom stereocenters. The Bertz CT molecular complexity index is 465. The highest BCUT2D eigenvalue weighted by Gasteiger charge is 2.06. The first-order valence-electron chi connectivity index (χ1n) is 4.27. The molecule has 0 aliphatic rings. The van der Waals surface area contributed by atoms with Gasteiger partial charge >= 0.3 is 0 Å². The number of hydrogen-bond acceptors (Lipinski definition) is 4. The summed E-state index contributed by atoms with van der Waals surface area (Å²) in [5, 5.41) is 8.96. The van der Waals surface area contributed by atoms with Gasteiger partial charge in [0.2, 0.25) is 0 Å². The number of carbonyl (C=O) groups is 1. The van der Waals surface area contributed by atoms with Crippen LogP contribution in [0.1, 0.15) is 10.4 Å². The number of aromatic amines is 1. The molecule has 0 saturated heterocycles. The third-order valence-electron chi connectivity index (χ3n) is 1.80. The van der Waals surface area contributed by atoms with E-state index in [-0.39, 0.29) is 5.91 Å². The second-order valence-electron chi connectivity index (χ2n) is 2.91. The number of hydrogen-bond donors (Lipinski definition) is 3. The number of nitrogen functional groups attached to an aromatic ring is 1. The quantitative estimate of drug-likeness (QED) is 0.667. The van der Waals surface area contributed by atoms with E-state index in [2.05, 4.69) is 20.5 Å². The first-order chi connectivity index (χ1) is 7.25. The monoisotopic (exact) mass is 203 g/mol. The average Bonchev–Trinajstić information content (AvgIpc) is 2.70. The van der Waals surface area contributed by atoms with Gasteiger partial charge in [0.05, 0.1) is 11.9 Å². The van der Waals surface area contributed by atoms with Crippen LogP contribution in [0.2, 0.25) is 0 Å². The van der Waals surface area contributed by atoms with Crippen molar-refractivity contribution >= 4 is 17.4 Å². The van der Waals surface area contributed by atoms with Gasteiger partial charge in [0.25, 0.3) is 5.91 Å². The highest BCUT2D eigenvalue weighted by molar-refractivity contribution is 6.04. The van der Waals surface area contributed by atoms with Crippen LogP contribution in [0.5, 0.6) is 0 Å². The molecule has 0 bridgehead atoms. The number of carbonyl (C=O) groups excluding carboxylic acids is 1. The van der Waals surface area contributed by atoms with Gasteiger partial charge in [-0.3, -0.25) is 9.89 Å². The summed E-state index contributed by atoms with van der Waals surface area (Å²) in [6, 6.07) is 3.10. The molecule has 2 heterocycles. The molecule has 2 rings (SSSR count). The molecule has 76 valence electrons. The van der Waals surface area contributed by atoms with Crippen molar-refractivity contribution in [3.63, 3.8) is 0 Å². The molecular formula is C9H9N5O. The van der Waals surface area contributed by atoms with E-state index in [4.69, 9.17) is 5.73 Å². The fraction of sp³-hybridized carbons (Fsp3) is 0. The Morgan fingerprint density at radius 1 is 1.53 bits per heavy atom. The van der Waals surface area contributed by atoms with E-state index in [1.807, 2.05) is 0 Å². The van der Waals surface area contributed by atoms with Crippen LogP contribution in [-0.4, -0.2) is 21.1 Å². The second-order valence-corrected chi connectivity index (χ2v) is 2.91. The van der Waals surface area contributed by atoms with E-state index >= 15 is 0 Å². The van der Waals surface area contributed by atoms with Crippen LogP contribution in [0.15, 0.2) is 30.7 Å². The summed E-state index contributed by atoms with van der Waals surface area (Å²) in [7, 11) is 0. The van der Waals surface area contributed by atoms with Crippen molar-refractivity contribution in [2.75, 3.05) is 11.1 Å². The minimum Gasteiger partial charge on any atom is -0.384 e. The van der Waals surface area contributed by atoms with Gasteiger partial charge in [-0.2, -0.15) is 5.10 Å². The summed E-state index contributed by atoms with van der Waals surface area (Å²) < 4.78 is 0. The molecule has 6 heteroatoms. The molecule has 15 heavy (non-hydrogen) atoms. The van der Waals surface area contributed by atoms with E-state index < -0.39 is 0 Å². The maximum atomic E-state index is 11.6. The summed E-state index contributed by atoms with van der Waals surface area (Å²) in [5.74, 6) is 0.0698. The van der Waals surface area contributed by atoms with Gasteiger partial charge in [-0.1, -0.05) is 0 Å². The number of amides is 1. The Kier molecular flexibility index (Phi) is 2.32. The third-order valence-corrected chi connectivity index (χ3v) is 1.80. The van der Waals surface area contributed by atoms with Crippen LogP contribution < -0.4 is 11.1 Å². The number of H-pyrrole nitrogens is 1. The Balaban J connectivity index is 2.15. The van der Waals surface area contributed by atoms with Crippen molar-refractivity contribution < 1.29 is 4.79 Å². The molecule has 6 nitrogen and oxygen atoms in total. The fourth-order valence-electron chi connectivity index (χ4n) is 1.11. The SMILES string of the molecule is Nc1cc(C(=O)Nc2cn[nH]c2)ccn1. The van der Waals surface area contributed by atoms with Gasteiger partial charge in [0.15, 0.2) is 0 Å². The summed E-state index contributed by atoms with van der Waals surface area (Å²) in [5.41, 5.74) is 6.53. The highest BCUT2D eigenvalue weighted by atomic mass is 16.1. The van der Waals surface area contributed by atoms with Crippen LogP contribution >= 0.6 is 0 Å². The van der Waals surface area contributed by atoms with Crippen LogP contribution in [0.4, 0.5) is 11.5 Å². The smallest absolute Gasteiger partial charge is 0.255 e. The summed E-state index contributed by atoms with van der Waals surface area (Å²) in [4.78, 5) is 15.4. The number of nitrogens with two attached hydrogens (primary N) is 1. The molecule has 2 aromatic rings. The third kappa shape index (κ3) is 2.11. The van der Waals surface area contributed by atoms with E-state index in [0.717, 1.165) is 0 Å². The van der Waals surface area contributed by atoms with Crippen molar-refractivity contribution in [2.45, 2.75) is 0 Å². The maximum Gasteiger partial charge on any atom is 0.255 e. The average molecular weight is 203 g/mol. The summed E-state index contributed by atoms with van der Waals surface area (Å²) >= 11 is 0. The van der Waals surface area contributed by atoms with Crippen LogP contribution in [-0.2, 0) is 0 Å². The van der Waals surface area contributed by atoms with E-state index in [9.17, 15) is 4.79 Å². The normalized spacial score (nSPS) is 9.87. The summed E-state index contributed by atoms with van der Waals surface area (Å²) in [6.45, 7) is 0. The number of pyridine rings is 1. The molecule has 0 atom stereocenters. The minimum atomic E-state index is -0.245. The zero-order chi connectivity index (χ0) is 10.7. The summed E-state index contributed by atoms with van der Waals surface area (Å²) in [6.07, 6.45) is 4.59. The van der Waals surface area contributed by atoms with Crippen LogP contribution in [0, 0.1) is 0 Å². The lowest BCUT2D eigenvalue weighted by Gasteiger charge is -2.02. The Hall–Kier alpha value is -2.37. The minimum absolute atomic E-state index is 0.245. The number of aromatic nitrogens is 3.